The Balaban J connectivity index is 1.81. The zero-order valence-corrected chi connectivity index (χ0v) is 26.8. The highest BCUT2D eigenvalue weighted by Crippen LogP contribution is 2.31. The second-order valence-electron chi connectivity index (χ2n) is 10.8. The number of halogens is 1. The van der Waals surface area contributed by atoms with Gasteiger partial charge in [-0.25, -0.2) is 8.42 Å². The van der Waals surface area contributed by atoms with Crippen LogP contribution in [-0.4, -0.2) is 43.8 Å². The van der Waals surface area contributed by atoms with E-state index >= 15 is 0 Å². The second-order valence-corrected chi connectivity index (χ2v) is 13.1. The molecule has 0 radical (unpaired) electrons. The van der Waals surface area contributed by atoms with Crippen molar-refractivity contribution in [2.45, 2.75) is 57.1 Å². The van der Waals surface area contributed by atoms with Gasteiger partial charge in [-0.2, -0.15) is 0 Å². The van der Waals surface area contributed by atoms with Crippen LogP contribution in [0.2, 0.25) is 5.02 Å². The third kappa shape index (κ3) is 8.27. The van der Waals surface area contributed by atoms with Gasteiger partial charge in [-0.3, -0.25) is 13.9 Å². The molecule has 0 aliphatic rings. The van der Waals surface area contributed by atoms with Crippen molar-refractivity contribution in [3.8, 4) is 0 Å². The SMILES string of the molecule is CC[C@@H](C)NC(=O)[C@H](Cc1ccccc1)N(Cc1cccc(C)c1)C(=O)CN(c1ccccc1Cl)S(=O)(=O)c1ccccc1. The molecule has 9 heteroatoms. The Bertz CT molecular complexity index is 1670. The Labute approximate surface area is 265 Å². The Morgan fingerprint density at radius 3 is 2.09 bits per heavy atom. The van der Waals surface area contributed by atoms with Gasteiger partial charge in [0.25, 0.3) is 10.0 Å². The molecule has 0 bridgehead atoms. The van der Waals surface area contributed by atoms with Crippen molar-refractivity contribution in [3.63, 3.8) is 0 Å². The molecule has 44 heavy (non-hydrogen) atoms. The molecule has 1 N–H and O–H groups in total. The molecule has 4 aromatic carbocycles. The standard InChI is InChI=1S/C35H38ClN3O4S/c1-4-27(3)37-35(41)33(23-28-15-7-5-8-16-28)38(24-29-17-13-14-26(2)22-29)34(40)25-39(32-21-12-11-20-31(32)36)44(42,43)30-18-9-6-10-19-30/h5-22,27,33H,4,23-25H2,1-3H3,(H,37,41)/t27-,33+/m1/s1. The molecule has 7 nitrogen and oxygen atoms in total. The lowest BCUT2D eigenvalue weighted by molar-refractivity contribution is -0.140. The van der Waals surface area contributed by atoms with Crippen molar-refractivity contribution in [2.75, 3.05) is 10.8 Å². The Kier molecular flexibility index (Phi) is 11.2. The molecule has 2 atom stereocenters. The number of nitrogens with one attached hydrogen (secondary N) is 1. The van der Waals surface area contributed by atoms with E-state index in [0.29, 0.717) is 6.42 Å². The summed E-state index contributed by atoms with van der Waals surface area (Å²) in [5.41, 5.74) is 2.87. The van der Waals surface area contributed by atoms with Gasteiger partial charge in [0.15, 0.2) is 0 Å². The van der Waals surface area contributed by atoms with Gasteiger partial charge in [-0.1, -0.05) is 109 Å². The average molecular weight is 632 g/mol. The highest BCUT2D eigenvalue weighted by molar-refractivity contribution is 7.92. The fourth-order valence-corrected chi connectivity index (χ4v) is 6.63. The van der Waals surface area contributed by atoms with E-state index in [1.807, 2.05) is 75.4 Å². The summed E-state index contributed by atoms with van der Waals surface area (Å²) >= 11 is 6.52. The van der Waals surface area contributed by atoms with E-state index in [2.05, 4.69) is 5.32 Å². The molecule has 0 saturated heterocycles. The number of aryl methyl sites for hydroxylation is 1. The van der Waals surface area contributed by atoms with Gasteiger partial charge >= 0.3 is 0 Å². The summed E-state index contributed by atoms with van der Waals surface area (Å²) in [6, 6.07) is 30.6. The van der Waals surface area contributed by atoms with Crippen molar-refractivity contribution >= 4 is 39.1 Å². The summed E-state index contributed by atoms with van der Waals surface area (Å²) in [6.07, 6.45) is 0.962. The minimum atomic E-state index is -4.21. The van der Waals surface area contributed by atoms with Crippen LogP contribution in [0.3, 0.4) is 0 Å². The smallest absolute Gasteiger partial charge is 0.264 e. The number of amides is 2. The summed E-state index contributed by atoms with van der Waals surface area (Å²) in [4.78, 5) is 29.9. The molecule has 4 rings (SSSR count). The first-order valence-corrected chi connectivity index (χ1v) is 16.4. The van der Waals surface area contributed by atoms with Crippen LogP contribution in [0, 0.1) is 6.92 Å². The van der Waals surface area contributed by atoms with Crippen LogP contribution < -0.4 is 9.62 Å². The number of carbonyl (C=O) groups excluding carboxylic acids is 2. The summed E-state index contributed by atoms with van der Waals surface area (Å²) in [5.74, 6) is -0.842. The van der Waals surface area contributed by atoms with E-state index in [1.54, 1.807) is 42.5 Å². The van der Waals surface area contributed by atoms with E-state index in [1.165, 1.54) is 17.0 Å². The van der Waals surface area contributed by atoms with Crippen LogP contribution >= 0.6 is 11.6 Å². The summed E-state index contributed by atoms with van der Waals surface area (Å²) < 4.78 is 29.1. The first-order valence-electron chi connectivity index (χ1n) is 14.6. The van der Waals surface area contributed by atoms with Crippen molar-refractivity contribution in [3.05, 3.63) is 131 Å². The van der Waals surface area contributed by atoms with Gasteiger partial charge in [0.2, 0.25) is 11.8 Å². The Morgan fingerprint density at radius 2 is 1.45 bits per heavy atom. The molecule has 0 aliphatic carbocycles. The number of sulfonamides is 1. The molecule has 0 saturated carbocycles. The predicted octanol–water partition coefficient (Wildman–Crippen LogP) is 6.40. The van der Waals surface area contributed by atoms with Gasteiger partial charge in [0.05, 0.1) is 15.6 Å². The molecule has 0 aliphatic heterocycles. The monoisotopic (exact) mass is 631 g/mol. The zero-order valence-electron chi connectivity index (χ0n) is 25.2. The summed E-state index contributed by atoms with van der Waals surface area (Å²) in [6.45, 7) is 5.39. The van der Waals surface area contributed by atoms with Crippen molar-refractivity contribution < 1.29 is 18.0 Å². The average Bonchev–Trinajstić information content (AvgIpc) is 3.02. The number of hydrogen-bond acceptors (Lipinski definition) is 4. The Morgan fingerprint density at radius 1 is 0.841 bits per heavy atom. The highest BCUT2D eigenvalue weighted by atomic mass is 35.5. The molecule has 0 spiro atoms. The first-order chi connectivity index (χ1) is 21.1. The van der Waals surface area contributed by atoms with E-state index < -0.39 is 28.5 Å². The maximum atomic E-state index is 14.5. The number of hydrogen-bond donors (Lipinski definition) is 1. The first kappa shape index (κ1) is 32.8. The van der Waals surface area contributed by atoms with Crippen LogP contribution in [-0.2, 0) is 32.6 Å². The number of benzene rings is 4. The maximum absolute atomic E-state index is 14.5. The van der Waals surface area contributed by atoms with Gasteiger partial charge in [-0.05, 0) is 55.7 Å². The van der Waals surface area contributed by atoms with E-state index in [0.717, 1.165) is 21.0 Å². The van der Waals surface area contributed by atoms with Gasteiger partial charge in [-0.15, -0.1) is 0 Å². The van der Waals surface area contributed by atoms with Crippen molar-refractivity contribution in [1.29, 1.82) is 0 Å². The molecule has 0 fully saturated rings. The van der Waals surface area contributed by atoms with Gasteiger partial charge in [0, 0.05) is 19.0 Å². The van der Waals surface area contributed by atoms with Gasteiger partial charge < -0.3 is 10.2 Å². The lowest BCUT2D eigenvalue weighted by Gasteiger charge is -2.34. The van der Waals surface area contributed by atoms with E-state index in [9.17, 15) is 18.0 Å². The lowest BCUT2D eigenvalue weighted by Crippen LogP contribution is -2.54. The fraction of sp³-hybridized carbons (Fsp3) is 0.257. The minimum absolute atomic E-state index is 0.0216. The number of carbonyl (C=O) groups is 2. The van der Waals surface area contributed by atoms with Crippen LogP contribution in [0.1, 0.15) is 37.0 Å². The number of nitrogens with zero attached hydrogens (tertiary/aromatic N) is 2. The topological polar surface area (TPSA) is 86.8 Å². The van der Waals surface area contributed by atoms with Gasteiger partial charge in [0.1, 0.15) is 12.6 Å². The molecule has 4 aromatic rings. The Hall–Kier alpha value is -4.14. The van der Waals surface area contributed by atoms with E-state index in [-0.39, 0.29) is 40.5 Å². The van der Waals surface area contributed by atoms with Crippen molar-refractivity contribution in [1.82, 2.24) is 10.2 Å². The zero-order chi connectivity index (χ0) is 31.7. The molecular weight excluding hydrogens is 594 g/mol. The minimum Gasteiger partial charge on any atom is -0.352 e. The van der Waals surface area contributed by atoms with Crippen molar-refractivity contribution in [2.24, 2.45) is 0 Å². The molecule has 0 aromatic heterocycles. The highest BCUT2D eigenvalue weighted by Gasteiger charge is 2.35. The second kappa shape index (κ2) is 15.0. The maximum Gasteiger partial charge on any atom is 0.264 e. The molecule has 0 heterocycles. The number of anilines is 1. The van der Waals surface area contributed by atoms with Crippen LogP contribution in [0.25, 0.3) is 0 Å². The normalized spacial score (nSPS) is 12.6. The molecule has 230 valence electrons. The number of rotatable bonds is 13. The molecule has 2 amide bonds. The quantitative estimate of drug-likeness (QED) is 0.185. The predicted molar refractivity (Wildman–Crippen MR) is 176 cm³/mol. The third-order valence-corrected chi connectivity index (χ3v) is 9.53. The largest absolute Gasteiger partial charge is 0.352 e. The van der Waals surface area contributed by atoms with Crippen LogP contribution in [0.5, 0.6) is 0 Å². The fourth-order valence-electron chi connectivity index (χ4n) is 4.89. The van der Waals surface area contributed by atoms with E-state index in [4.69, 9.17) is 11.6 Å². The molecule has 0 unspecified atom stereocenters. The van der Waals surface area contributed by atoms with Crippen LogP contribution in [0.4, 0.5) is 5.69 Å². The summed E-state index contributed by atoms with van der Waals surface area (Å²) in [7, 11) is -4.21. The molecular formula is C35H38ClN3O4S. The number of para-hydroxylation sites is 1. The van der Waals surface area contributed by atoms with Crippen LogP contribution in [0.15, 0.2) is 114 Å². The summed E-state index contributed by atoms with van der Waals surface area (Å²) in [5, 5.41) is 3.23. The third-order valence-electron chi connectivity index (χ3n) is 7.44. The lowest BCUT2D eigenvalue weighted by atomic mass is 10.0.